The molecule has 1 N–H and O–H groups in total. The summed E-state index contributed by atoms with van der Waals surface area (Å²) in [6, 6.07) is 0. The summed E-state index contributed by atoms with van der Waals surface area (Å²) in [4.78, 5) is 23.2. The molecule has 0 amide bonds. The monoisotopic (exact) mass is 245 g/mol. The molecule has 2 atom stereocenters. The molecule has 1 saturated heterocycles. The highest BCUT2D eigenvalue weighted by molar-refractivity contribution is 5.94. The van der Waals surface area contributed by atoms with Crippen LogP contribution in [0.3, 0.4) is 0 Å². The Morgan fingerprint density at radius 1 is 1.41 bits per heavy atom. The second-order valence-electron chi connectivity index (χ2n) is 3.65. The number of ether oxygens (including phenoxy) is 3. The molecule has 0 bridgehead atoms. The van der Waals surface area contributed by atoms with Gasteiger partial charge in [0.25, 0.3) is 0 Å². The van der Waals surface area contributed by atoms with E-state index in [0.29, 0.717) is 19.6 Å². The van der Waals surface area contributed by atoms with E-state index in [4.69, 9.17) is 14.2 Å². The SMILES string of the molecule is CCOC(=O)C(CC)C(=O)OC1CNCCO1. The predicted octanol–water partition coefficient (Wildman–Crippen LogP) is 0.0648. The van der Waals surface area contributed by atoms with Gasteiger partial charge in [-0.1, -0.05) is 6.92 Å². The number of hydrogen-bond acceptors (Lipinski definition) is 6. The summed E-state index contributed by atoms with van der Waals surface area (Å²) in [6.45, 7) is 5.37. The van der Waals surface area contributed by atoms with Crippen LogP contribution in [0.25, 0.3) is 0 Å². The fraction of sp³-hybridized carbons (Fsp3) is 0.818. The van der Waals surface area contributed by atoms with Crippen LogP contribution in [0.2, 0.25) is 0 Å². The van der Waals surface area contributed by atoms with Gasteiger partial charge in [0.15, 0.2) is 5.92 Å². The van der Waals surface area contributed by atoms with Crippen LogP contribution >= 0.6 is 0 Å². The maximum Gasteiger partial charge on any atom is 0.322 e. The van der Waals surface area contributed by atoms with E-state index in [2.05, 4.69) is 5.32 Å². The summed E-state index contributed by atoms with van der Waals surface area (Å²) in [7, 11) is 0. The first kappa shape index (κ1) is 13.9. The Kier molecular flexibility index (Phi) is 5.93. The van der Waals surface area contributed by atoms with Gasteiger partial charge < -0.3 is 19.5 Å². The molecule has 0 spiro atoms. The number of nitrogens with one attached hydrogen (secondary N) is 1. The number of rotatable bonds is 5. The molecule has 1 rings (SSSR count). The third kappa shape index (κ3) is 4.32. The molecule has 1 heterocycles. The van der Waals surface area contributed by atoms with Crippen molar-refractivity contribution < 1.29 is 23.8 Å². The Morgan fingerprint density at radius 2 is 2.18 bits per heavy atom. The van der Waals surface area contributed by atoms with Crippen molar-refractivity contribution in [1.82, 2.24) is 5.32 Å². The van der Waals surface area contributed by atoms with Crippen molar-refractivity contribution in [2.75, 3.05) is 26.3 Å². The molecule has 0 radical (unpaired) electrons. The van der Waals surface area contributed by atoms with E-state index in [0.717, 1.165) is 6.54 Å². The Labute approximate surface area is 101 Å². The van der Waals surface area contributed by atoms with Gasteiger partial charge in [0.1, 0.15) is 0 Å². The van der Waals surface area contributed by atoms with E-state index in [-0.39, 0.29) is 6.61 Å². The molecule has 17 heavy (non-hydrogen) atoms. The molecule has 1 aliphatic heterocycles. The average molecular weight is 245 g/mol. The summed E-state index contributed by atoms with van der Waals surface area (Å²) in [5, 5.41) is 3.03. The van der Waals surface area contributed by atoms with E-state index in [9.17, 15) is 9.59 Å². The summed E-state index contributed by atoms with van der Waals surface area (Å²) in [6.07, 6.45) is -0.252. The molecule has 0 aromatic carbocycles. The molecule has 2 unspecified atom stereocenters. The van der Waals surface area contributed by atoms with Gasteiger partial charge in [-0.3, -0.25) is 9.59 Å². The van der Waals surface area contributed by atoms with Crippen LogP contribution in [0, 0.1) is 5.92 Å². The molecule has 1 fully saturated rings. The van der Waals surface area contributed by atoms with Crippen molar-refractivity contribution in [1.29, 1.82) is 0 Å². The van der Waals surface area contributed by atoms with Crippen molar-refractivity contribution in [3.8, 4) is 0 Å². The molecule has 0 aromatic rings. The zero-order valence-corrected chi connectivity index (χ0v) is 10.2. The van der Waals surface area contributed by atoms with E-state index in [1.165, 1.54) is 0 Å². The van der Waals surface area contributed by atoms with E-state index >= 15 is 0 Å². The van der Waals surface area contributed by atoms with Gasteiger partial charge in [-0.25, -0.2) is 0 Å². The molecular weight excluding hydrogens is 226 g/mol. The lowest BCUT2D eigenvalue weighted by Crippen LogP contribution is -2.42. The Bertz CT molecular complexity index is 263. The maximum atomic E-state index is 11.7. The lowest BCUT2D eigenvalue weighted by atomic mass is 10.1. The van der Waals surface area contributed by atoms with Gasteiger partial charge >= 0.3 is 11.9 Å². The highest BCUT2D eigenvalue weighted by atomic mass is 16.7. The van der Waals surface area contributed by atoms with Gasteiger partial charge in [-0.15, -0.1) is 0 Å². The zero-order valence-electron chi connectivity index (χ0n) is 10.2. The smallest absolute Gasteiger partial charge is 0.322 e. The van der Waals surface area contributed by atoms with Crippen LogP contribution in [-0.2, 0) is 23.8 Å². The third-order valence-electron chi connectivity index (χ3n) is 2.41. The normalized spacial score (nSPS) is 21.6. The third-order valence-corrected chi connectivity index (χ3v) is 2.41. The molecule has 1 aliphatic rings. The number of hydrogen-bond donors (Lipinski definition) is 1. The number of esters is 2. The molecule has 98 valence electrons. The first-order chi connectivity index (χ1) is 8.19. The number of morpholine rings is 1. The van der Waals surface area contributed by atoms with Crippen LogP contribution in [-0.4, -0.2) is 44.5 Å². The Balaban J connectivity index is 2.44. The lowest BCUT2D eigenvalue weighted by molar-refractivity contribution is -0.190. The summed E-state index contributed by atoms with van der Waals surface area (Å²) >= 11 is 0. The van der Waals surface area contributed by atoms with Crippen LogP contribution in [0.15, 0.2) is 0 Å². The minimum Gasteiger partial charge on any atom is -0.465 e. The molecular formula is C11H19NO5. The number of carbonyl (C=O) groups excluding carboxylic acids is 2. The molecule has 0 aromatic heterocycles. The topological polar surface area (TPSA) is 73.9 Å². The Hall–Kier alpha value is -1.14. The van der Waals surface area contributed by atoms with Gasteiger partial charge in [0, 0.05) is 6.54 Å². The average Bonchev–Trinajstić information content (AvgIpc) is 2.31. The van der Waals surface area contributed by atoms with Crippen LogP contribution in [0.5, 0.6) is 0 Å². The van der Waals surface area contributed by atoms with Gasteiger partial charge in [0.2, 0.25) is 6.29 Å². The van der Waals surface area contributed by atoms with Gasteiger partial charge in [0.05, 0.1) is 19.8 Å². The van der Waals surface area contributed by atoms with Crippen LogP contribution in [0.1, 0.15) is 20.3 Å². The summed E-state index contributed by atoms with van der Waals surface area (Å²) in [5.41, 5.74) is 0. The first-order valence-corrected chi connectivity index (χ1v) is 5.88. The fourth-order valence-electron chi connectivity index (χ4n) is 1.50. The van der Waals surface area contributed by atoms with Crippen molar-refractivity contribution in [3.63, 3.8) is 0 Å². The van der Waals surface area contributed by atoms with Gasteiger partial charge in [-0.2, -0.15) is 0 Å². The maximum absolute atomic E-state index is 11.7. The second kappa shape index (κ2) is 7.24. The van der Waals surface area contributed by atoms with E-state index in [1.54, 1.807) is 13.8 Å². The minimum absolute atomic E-state index is 0.254. The molecule has 0 saturated carbocycles. The molecule has 6 heteroatoms. The summed E-state index contributed by atoms with van der Waals surface area (Å²) in [5.74, 6) is -1.98. The largest absolute Gasteiger partial charge is 0.465 e. The highest BCUT2D eigenvalue weighted by Gasteiger charge is 2.30. The summed E-state index contributed by atoms with van der Waals surface area (Å²) < 4.78 is 15.1. The lowest BCUT2D eigenvalue weighted by Gasteiger charge is -2.24. The van der Waals surface area contributed by atoms with Crippen LogP contribution < -0.4 is 5.32 Å². The quantitative estimate of drug-likeness (QED) is 0.545. The van der Waals surface area contributed by atoms with Gasteiger partial charge in [-0.05, 0) is 13.3 Å². The number of carbonyl (C=O) groups is 2. The van der Waals surface area contributed by atoms with Crippen molar-refractivity contribution in [2.45, 2.75) is 26.6 Å². The Morgan fingerprint density at radius 3 is 2.71 bits per heavy atom. The first-order valence-electron chi connectivity index (χ1n) is 5.88. The highest BCUT2D eigenvalue weighted by Crippen LogP contribution is 2.11. The standard InChI is InChI=1S/C11H19NO5/c1-3-8(10(13)15-4-2)11(14)17-9-7-12-5-6-16-9/h8-9,12H,3-7H2,1-2H3. The van der Waals surface area contributed by atoms with E-state index < -0.39 is 24.1 Å². The fourth-order valence-corrected chi connectivity index (χ4v) is 1.50. The van der Waals surface area contributed by atoms with Crippen molar-refractivity contribution in [3.05, 3.63) is 0 Å². The predicted molar refractivity (Wildman–Crippen MR) is 59.1 cm³/mol. The second-order valence-corrected chi connectivity index (χ2v) is 3.65. The zero-order chi connectivity index (χ0) is 12.7. The molecule has 0 aliphatic carbocycles. The van der Waals surface area contributed by atoms with Crippen molar-refractivity contribution in [2.24, 2.45) is 5.92 Å². The van der Waals surface area contributed by atoms with Crippen molar-refractivity contribution >= 4 is 11.9 Å². The molecule has 6 nitrogen and oxygen atoms in total. The van der Waals surface area contributed by atoms with E-state index in [1.807, 2.05) is 0 Å². The van der Waals surface area contributed by atoms with Crippen LogP contribution in [0.4, 0.5) is 0 Å². The minimum atomic E-state index is -0.861.